The Morgan fingerprint density at radius 2 is 1.27 bits per heavy atom. The molecule has 2 fully saturated rings. The maximum Gasteiger partial charge on any atom is 0.472 e. The molecule has 0 bridgehead atoms. The number of phosphoric acid groups is 2. The number of aromatic nitrogens is 4. The van der Waals surface area contributed by atoms with Crippen molar-refractivity contribution in [1.82, 2.24) is 35.1 Å². The Morgan fingerprint density at radius 1 is 0.691 bits per heavy atom. The predicted octanol–water partition coefficient (Wildman–Crippen LogP) is 2.64. The molecular formula is C51H91N11O17P2. The Balaban J connectivity index is 1.25. The summed E-state index contributed by atoms with van der Waals surface area (Å²) in [6, 6.07) is -1.12. The molecule has 13 N–H and O–H groups in total. The van der Waals surface area contributed by atoms with E-state index in [2.05, 4.69) is 30.1 Å². The number of ketones is 2. The van der Waals surface area contributed by atoms with Gasteiger partial charge in [0.25, 0.3) is 0 Å². The van der Waals surface area contributed by atoms with Crippen LogP contribution in [0.4, 0.5) is 5.82 Å². The van der Waals surface area contributed by atoms with E-state index < -0.39 is 58.0 Å². The van der Waals surface area contributed by atoms with E-state index in [1.54, 1.807) is 4.57 Å². The quantitative estimate of drug-likeness (QED) is 0.0340. The van der Waals surface area contributed by atoms with Crippen molar-refractivity contribution in [1.29, 1.82) is 0 Å². The van der Waals surface area contributed by atoms with Crippen LogP contribution in [0.1, 0.15) is 141 Å². The van der Waals surface area contributed by atoms with Crippen molar-refractivity contribution in [3.8, 4) is 0 Å². The predicted molar refractivity (Wildman–Crippen MR) is 298 cm³/mol. The highest BCUT2D eigenvalue weighted by Crippen LogP contribution is 2.52. The van der Waals surface area contributed by atoms with Gasteiger partial charge in [0, 0.05) is 77.1 Å². The van der Waals surface area contributed by atoms with Gasteiger partial charge in [0.15, 0.2) is 11.5 Å². The van der Waals surface area contributed by atoms with Gasteiger partial charge in [-0.2, -0.15) is 0 Å². The number of hydrogen-bond acceptors (Lipinski definition) is 22. The highest BCUT2D eigenvalue weighted by atomic mass is 31.2. The number of hydrogen-bond donors (Lipinski definition) is 9. The number of anilines is 1. The Bertz CT molecular complexity index is 2250. The lowest BCUT2D eigenvalue weighted by Gasteiger charge is -2.34. The molecule has 1 saturated carbocycles. The van der Waals surface area contributed by atoms with Crippen LogP contribution in [0, 0.1) is 5.92 Å². The van der Waals surface area contributed by atoms with E-state index in [1.165, 1.54) is 17.6 Å². The SMILES string of the molecule is COP(=O)(O)OC[C@H]1C[C@@H](n2cnc3c(N)ncnc32)C[C@@H]1OP(=O)(O)OC[C@@H]1C[C@@H](O)CN1C(=O)CCCCCCCCC(=O)NC(COCCC(=O)CCCCN)(COCCC(=O)CCCCN)COCCC(=O)NCCCN. The van der Waals surface area contributed by atoms with Gasteiger partial charge in [0.1, 0.15) is 28.9 Å². The van der Waals surface area contributed by atoms with Gasteiger partial charge in [-0.25, -0.2) is 24.1 Å². The van der Waals surface area contributed by atoms with Gasteiger partial charge in [-0.3, -0.25) is 42.1 Å². The number of fused-ring (bicyclic) bond motifs is 1. The summed E-state index contributed by atoms with van der Waals surface area (Å²) in [7, 11) is -8.23. The molecule has 1 aliphatic heterocycles. The molecule has 462 valence electrons. The highest BCUT2D eigenvalue weighted by molar-refractivity contribution is 7.47. The van der Waals surface area contributed by atoms with Crippen molar-refractivity contribution >= 4 is 61.9 Å². The van der Waals surface area contributed by atoms with Gasteiger partial charge in [-0.15, -0.1) is 0 Å². The van der Waals surface area contributed by atoms with Crippen molar-refractivity contribution in [3.05, 3.63) is 12.7 Å². The molecule has 3 heterocycles. The summed E-state index contributed by atoms with van der Waals surface area (Å²) in [6.07, 6.45) is 10.5. The molecule has 30 heteroatoms. The van der Waals surface area contributed by atoms with Crippen LogP contribution in [-0.4, -0.2) is 185 Å². The molecule has 3 amide bonds. The zero-order valence-electron chi connectivity index (χ0n) is 47.1. The molecule has 28 nitrogen and oxygen atoms in total. The standard InChI is InChI=1S/C51H91N11O17P2/c1-73-80(69,70)77-31-38-27-39(62-37-59-48-49(55)57-36-58-50(48)62)29-44(38)79-81(71,72)78-32-40-28-43(65)30-61(40)47(68)16-7-5-3-2-4-6-15-46(67)60-51(33-74-24-17-41(63)13-8-10-20-52,34-75-25-18-42(64)14-9-11-21-53)35-76-26-19-45(66)56-23-12-22-54/h36-40,43-44,65H,2-35,52-54H2,1H3,(H,56,66)(H,60,67)(H,69,70)(H,71,72)(H2,55,57,58)/t38-,39-,40+,43-,44+/m1/s1. The van der Waals surface area contributed by atoms with Crippen molar-refractivity contribution in [2.75, 3.05) is 98.4 Å². The normalized spacial score (nSPS) is 19.9. The first-order valence-electron chi connectivity index (χ1n) is 28.4. The fourth-order valence-electron chi connectivity index (χ4n) is 9.65. The number of nitrogens with two attached hydrogens (primary N) is 4. The van der Waals surface area contributed by atoms with Crippen LogP contribution in [-0.2, 0) is 65.4 Å². The molecule has 4 rings (SSSR count). The molecule has 1 aliphatic carbocycles. The van der Waals surface area contributed by atoms with Gasteiger partial charge < -0.3 is 72.1 Å². The van der Waals surface area contributed by atoms with Crippen LogP contribution < -0.4 is 33.6 Å². The first-order valence-corrected chi connectivity index (χ1v) is 31.4. The number of aliphatic hydroxyl groups is 1. The van der Waals surface area contributed by atoms with E-state index in [4.69, 9.17) is 50.7 Å². The smallest absolute Gasteiger partial charge is 0.391 e. The molecule has 2 aromatic rings. The number of likely N-dealkylation sites (tertiary alicyclic amines) is 1. The van der Waals surface area contributed by atoms with Gasteiger partial charge in [-0.1, -0.05) is 25.7 Å². The minimum Gasteiger partial charge on any atom is -0.391 e. The molecule has 0 radical (unpaired) electrons. The zero-order valence-corrected chi connectivity index (χ0v) is 48.9. The number of ether oxygens (including phenoxy) is 3. The summed E-state index contributed by atoms with van der Waals surface area (Å²) in [5.41, 5.74) is 22.2. The van der Waals surface area contributed by atoms with Gasteiger partial charge in [-0.05, 0) is 83.8 Å². The fourth-order valence-corrected chi connectivity index (χ4v) is 11.2. The third kappa shape index (κ3) is 26.2. The zero-order chi connectivity index (χ0) is 59.1. The Hall–Kier alpha value is -3.96. The molecular weight excluding hydrogens is 1100 g/mol. The summed E-state index contributed by atoms with van der Waals surface area (Å²) < 4.78 is 66.2. The number of phosphoric ester groups is 2. The molecule has 1 saturated heterocycles. The summed E-state index contributed by atoms with van der Waals surface area (Å²) in [4.78, 5) is 99.4. The van der Waals surface area contributed by atoms with Crippen molar-refractivity contribution in [2.24, 2.45) is 23.1 Å². The number of Topliss-reactive ketones (excluding diaryl/α,β-unsaturated/α-hetero) is 2. The van der Waals surface area contributed by atoms with Crippen molar-refractivity contribution < 1.29 is 80.3 Å². The van der Waals surface area contributed by atoms with E-state index in [0.717, 1.165) is 32.8 Å². The van der Waals surface area contributed by atoms with Crippen LogP contribution in [0.25, 0.3) is 11.2 Å². The number of nitrogens with zero attached hydrogens (tertiary/aromatic N) is 5. The van der Waals surface area contributed by atoms with E-state index in [-0.39, 0.29) is 139 Å². The summed E-state index contributed by atoms with van der Waals surface area (Å²) in [6.45, 7) is 1.18. The lowest BCUT2D eigenvalue weighted by atomic mass is 10.0. The molecule has 0 spiro atoms. The molecule has 0 aromatic carbocycles. The second-order valence-corrected chi connectivity index (χ2v) is 23.8. The van der Waals surface area contributed by atoms with Crippen LogP contribution in [0.15, 0.2) is 12.7 Å². The second kappa shape index (κ2) is 37.4. The van der Waals surface area contributed by atoms with Gasteiger partial charge in [0.05, 0.1) is 77.4 Å². The number of carbonyl (C=O) groups excluding carboxylic acids is 5. The average molecular weight is 1190 g/mol. The number of β-amino-alcohol motifs (C(OH)–C–C–N with tert-alkyl or cyclic N) is 1. The third-order valence-corrected chi connectivity index (χ3v) is 16.1. The van der Waals surface area contributed by atoms with E-state index in [0.29, 0.717) is 95.1 Å². The van der Waals surface area contributed by atoms with Crippen molar-refractivity contribution in [2.45, 2.75) is 165 Å². The first-order chi connectivity index (χ1) is 38.8. The number of nitrogens with one attached hydrogen (secondary N) is 2. The highest BCUT2D eigenvalue weighted by Gasteiger charge is 2.44. The lowest BCUT2D eigenvalue weighted by molar-refractivity contribution is -0.133. The Kier molecular flexibility index (Phi) is 32.1. The van der Waals surface area contributed by atoms with Crippen LogP contribution in [0.3, 0.4) is 0 Å². The largest absolute Gasteiger partial charge is 0.472 e. The molecule has 2 unspecified atom stereocenters. The average Bonchev–Trinajstić information content (AvgIpc) is 4.23. The van der Waals surface area contributed by atoms with Crippen molar-refractivity contribution in [3.63, 3.8) is 0 Å². The summed E-state index contributed by atoms with van der Waals surface area (Å²) >= 11 is 0. The van der Waals surface area contributed by atoms with Crippen LogP contribution >= 0.6 is 15.6 Å². The van der Waals surface area contributed by atoms with E-state index in [9.17, 15) is 48.0 Å². The first kappa shape index (κ1) is 69.5. The number of imidazole rings is 1. The number of rotatable bonds is 46. The van der Waals surface area contributed by atoms with E-state index >= 15 is 0 Å². The maximum absolute atomic E-state index is 13.6. The van der Waals surface area contributed by atoms with Crippen LogP contribution in [0.2, 0.25) is 0 Å². The summed E-state index contributed by atoms with van der Waals surface area (Å²) in [5, 5.41) is 16.4. The number of aliphatic hydroxyl groups excluding tert-OH is 1. The molecule has 81 heavy (non-hydrogen) atoms. The van der Waals surface area contributed by atoms with E-state index in [1.807, 2.05) is 0 Å². The monoisotopic (exact) mass is 1190 g/mol. The Labute approximate surface area is 474 Å². The number of carbonyl (C=O) groups is 5. The molecule has 7 atom stereocenters. The number of unbranched alkanes of at least 4 members (excludes halogenated alkanes) is 7. The lowest BCUT2D eigenvalue weighted by Crippen LogP contribution is -2.58. The molecule has 2 aromatic heterocycles. The fraction of sp³-hybridized carbons (Fsp3) is 0.804. The minimum atomic E-state index is -4.83. The van der Waals surface area contributed by atoms with Gasteiger partial charge >= 0.3 is 15.6 Å². The summed E-state index contributed by atoms with van der Waals surface area (Å²) in [5.74, 6) is -1.20. The maximum atomic E-state index is 13.6. The van der Waals surface area contributed by atoms with Crippen LogP contribution in [0.5, 0.6) is 0 Å². The molecule has 2 aliphatic rings. The third-order valence-electron chi connectivity index (χ3n) is 14.1. The van der Waals surface area contributed by atoms with Gasteiger partial charge in [0.2, 0.25) is 17.7 Å². The topological polar surface area (TPSA) is 420 Å². The second-order valence-electron chi connectivity index (χ2n) is 20.8. The Morgan fingerprint density at radius 3 is 1.89 bits per heavy atom. The number of amides is 3. The minimum absolute atomic E-state index is 0.0198. The number of nitrogen functional groups attached to an aromatic ring is 1.